The van der Waals surface area contributed by atoms with Crippen molar-refractivity contribution in [1.82, 2.24) is 16.0 Å². The summed E-state index contributed by atoms with van der Waals surface area (Å²) in [5.41, 5.74) is 5.92. The van der Waals surface area contributed by atoms with E-state index in [-0.39, 0.29) is 24.2 Å². The van der Waals surface area contributed by atoms with Crippen LogP contribution in [-0.4, -0.2) is 64.0 Å². The summed E-state index contributed by atoms with van der Waals surface area (Å²) < 4.78 is 0. The number of hydrogen-bond acceptors (Lipinski definition) is 6. The maximum atomic E-state index is 13.0. The van der Waals surface area contributed by atoms with E-state index >= 15 is 0 Å². The van der Waals surface area contributed by atoms with Gasteiger partial charge in [0.1, 0.15) is 18.1 Å². The molecule has 0 rings (SSSR count). The van der Waals surface area contributed by atoms with Crippen molar-refractivity contribution in [2.24, 2.45) is 23.5 Å². The molecule has 11 nitrogen and oxygen atoms in total. The molecule has 0 radical (unpaired) electrons. The molecule has 0 bridgehead atoms. The molecule has 0 aromatic heterocycles. The van der Waals surface area contributed by atoms with Gasteiger partial charge in [-0.3, -0.25) is 19.2 Å². The Kier molecular flexibility index (Phi) is 13.3. The molecule has 4 unspecified atom stereocenters. The molecule has 0 aliphatic heterocycles. The molecule has 0 fully saturated rings. The monoisotopic (exact) mass is 472 g/mol. The van der Waals surface area contributed by atoms with Crippen molar-refractivity contribution in [2.75, 3.05) is 0 Å². The van der Waals surface area contributed by atoms with Gasteiger partial charge in [0.05, 0.1) is 12.5 Å². The summed E-state index contributed by atoms with van der Waals surface area (Å²) in [7, 11) is 0. The quantitative estimate of drug-likeness (QED) is 0.198. The predicted molar refractivity (Wildman–Crippen MR) is 122 cm³/mol. The van der Waals surface area contributed by atoms with E-state index in [0.717, 1.165) is 0 Å². The van der Waals surface area contributed by atoms with Crippen LogP contribution in [-0.2, 0) is 24.0 Å². The topological polar surface area (TPSA) is 188 Å². The van der Waals surface area contributed by atoms with Gasteiger partial charge in [0.2, 0.25) is 17.7 Å². The molecule has 3 amide bonds. The molecule has 0 aromatic carbocycles. The van der Waals surface area contributed by atoms with Crippen LogP contribution in [0.25, 0.3) is 0 Å². The molecule has 33 heavy (non-hydrogen) atoms. The molecule has 0 aliphatic rings. The van der Waals surface area contributed by atoms with Crippen LogP contribution in [0, 0.1) is 17.8 Å². The summed E-state index contributed by atoms with van der Waals surface area (Å²) in [6, 6.07) is -4.46. The number of carboxylic acid groups (broad SMARTS) is 2. The molecule has 0 saturated carbocycles. The first-order valence-electron chi connectivity index (χ1n) is 11.2. The fourth-order valence-electron chi connectivity index (χ4n) is 3.22. The minimum Gasteiger partial charge on any atom is -0.481 e. The minimum absolute atomic E-state index is 0.0404. The van der Waals surface area contributed by atoms with Gasteiger partial charge in [0.25, 0.3) is 0 Å². The highest BCUT2D eigenvalue weighted by Crippen LogP contribution is 2.10. The van der Waals surface area contributed by atoms with Gasteiger partial charge < -0.3 is 31.9 Å². The van der Waals surface area contributed by atoms with Gasteiger partial charge in [-0.05, 0) is 37.0 Å². The van der Waals surface area contributed by atoms with E-state index in [1.165, 1.54) is 0 Å². The second-order valence-electron chi connectivity index (χ2n) is 9.61. The Balaban J connectivity index is 5.52. The molecule has 0 spiro atoms. The first-order chi connectivity index (χ1) is 15.1. The summed E-state index contributed by atoms with van der Waals surface area (Å²) in [6.07, 6.45) is 0.133. The Morgan fingerprint density at radius 2 is 1.00 bits per heavy atom. The van der Waals surface area contributed by atoms with E-state index in [9.17, 15) is 29.1 Å². The fourth-order valence-corrected chi connectivity index (χ4v) is 3.22. The van der Waals surface area contributed by atoms with E-state index in [1.807, 2.05) is 41.5 Å². The van der Waals surface area contributed by atoms with Crippen LogP contribution in [0.5, 0.6) is 0 Å². The lowest BCUT2D eigenvalue weighted by molar-refractivity contribution is -0.147. The second-order valence-corrected chi connectivity index (χ2v) is 9.61. The highest BCUT2D eigenvalue weighted by Gasteiger charge is 2.31. The predicted octanol–water partition coefficient (Wildman–Crippen LogP) is 0.466. The average Bonchev–Trinajstić information content (AvgIpc) is 2.64. The fraction of sp³-hybridized carbons (Fsp3) is 0.773. The zero-order valence-corrected chi connectivity index (χ0v) is 20.4. The van der Waals surface area contributed by atoms with E-state index < -0.39 is 60.2 Å². The number of carboxylic acids is 2. The highest BCUT2D eigenvalue weighted by atomic mass is 16.4. The van der Waals surface area contributed by atoms with Crippen LogP contribution in [0.3, 0.4) is 0 Å². The number of amides is 3. The summed E-state index contributed by atoms with van der Waals surface area (Å²) in [6.45, 7) is 11.2. The third-order valence-corrected chi connectivity index (χ3v) is 4.74. The average molecular weight is 473 g/mol. The molecule has 0 heterocycles. The highest BCUT2D eigenvalue weighted by molar-refractivity contribution is 5.94. The number of nitrogens with one attached hydrogen (secondary N) is 3. The number of carbonyl (C=O) groups excluding carboxylic acids is 3. The third-order valence-electron chi connectivity index (χ3n) is 4.74. The molecule has 0 aromatic rings. The molecular weight excluding hydrogens is 432 g/mol. The van der Waals surface area contributed by atoms with Gasteiger partial charge >= 0.3 is 11.9 Å². The lowest BCUT2D eigenvalue weighted by Crippen LogP contribution is -2.57. The standard InChI is InChI=1S/C22H40N4O7/c1-11(2)7-14(23)19(29)24-15(8-12(3)4)20(30)25-16(9-13(5)6)21(31)26-17(22(32)33)10-18(27)28/h11-17H,7-10,23H2,1-6H3,(H,24,29)(H,25,30)(H,26,31)(H,27,28)(H,32,33). The first kappa shape index (κ1) is 30.3. The number of nitrogens with two attached hydrogens (primary N) is 1. The lowest BCUT2D eigenvalue weighted by atomic mass is 9.99. The van der Waals surface area contributed by atoms with E-state index in [0.29, 0.717) is 12.8 Å². The Hall–Kier alpha value is -2.69. The van der Waals surface area contributed by atoms with Crippen LogP contribution in [0.15, 0.2) is 0 Å². The molecule has 190 valence electrons. The molecule has 7 N–H and O–H groups in total. The van der Waals surface area contributed by atoms with Crippen LogP contribution in [0.1, 0.15) is 67.2 Å². The molecule has 0 aliphatic carbocycles. The normalized spacial score (nSPS) is 15.0. The van der Waals surface area contributed by atoms with Crippen LogP contribution < -0.4 is 21.7 Å². The Morgan fingerprint density at radius 1 is 0.636 bits per heavy atom. The maximum absolute atomic E-state index is 13.0. The molecule has 4 atom stereocenters. The van der Waals surface area contributed by atoms with Crippen molar-refractivity contribution in [3.63, 3.8) is 0 Å². The number of hydrogen-bond donors (Lipinski definition) is 6. The van der Waals surface area contributed by atoms with Gasteiger partial charge in [-0.15, -0.1) is 0 Å². The van der Waals surface area contributed by atoms with Gasteiger partial charge in [0, 0.05) is 0 Å². The number of aliphatic carboxylic acids is 2. The Labute approximate surface area is 195 Å². The van der Waals surface area contributed by atoms with Crippen LogP contribution in [0.4, 0.5) is 0 Å². The molecule has 0 saturated heterocycles. The number of carbonyl (C=O) groups is 5. The van der Waals surface area contributed by atoms with E-state index in [4.69, 9.17) is 10.8 Å². The van der Waals surface area contributed by atoms with Gasteiger partial charge in [0.15, 0.2) is 0 Å². The summed E-state index contributed by atoms with van der Waals surface area (Å²) in [4.78, 5) is 60.4. The van der Waals surface area contributed by atoms with Crippen molar-refractivity contribution in [3.8, 4) is 0 Å². The zero-order chi connectivity index (χ0) is 25.9. The SMILES string of the molecule is CC(C)CC(N)C(=O)NC(CC(C)C)C(=O)NC(CC(C)C)C(=O)NC(CC(=O)O)C(=O)O. The van der Waals surface area contributed by atoms with E-state index in [2.05, 4.69) is 16.0 Å². The van der Waals surface area contributed by atoms with Gasteiger partial charge in [-0.1, -0.05) is 41.5 Å². The zero-order valence-electron chi connectivity index (χ0n) is 20.4. The van der Waals surface area contributed by atoms with E-state index in [1.54, 1.807) is 0 Å². The van der Waals surface area contributed by atoms with Crippen molar-refractivity contribution < 1.29 is 34.2 Å². The Bertz CT molecular complexity index is 694. The second kappa shape index (κ2) is 14.5. The van der Waals surface area contributed by atoms with Crippen LogP contribution in [0.2, 0.25) is 0 Å². The number of rotatable bonds is 15. The lowest BCUT2D eigenvalue weighted by Gasteiger charge is -2.27. The molecule has 11 heteroatoms. The maximum Gasteiger partial charge on any atom is 0.326 e. The largest absolute Gasteiger partial charge is 0.481 e. The van der Waals surface area contributed by atoms with Gasteiger partial charge in [-0.25, -0.2) is 4.79 Å². The molecular formula is C22H40N4O7. The van der Waals surface area contributed by atoms with Crippen molar-refractivity contribution in [3.05, 3.63) is 0 Å². The summed E-state index contributed by atoms with van der Waals surface area (Å²) >= 11 is 0. The van der Waals surface area contributed by atoms with Crippen molar-refractivity contribution >= 4 is 29.7 Å². The summed E-state index contributed by atoms with van der Waals surface area (Å²) in [5, 5.41) is 25.5. The smallest absolute Gasteiger partial charge is 0.326 e. The van der Waals surface area contributed by atoms with Crippen molar-refractivity contribution in [1.29, 1.82) is 0 Å². The third kappa shape index (κ3) is 12.8. The van der Waals surface area contributed by atoms with Crippen LogP contribution >= 0.6 is 0 Å². The van der Waals surface area contributed by atoms with Crippen molar-refractivity contribution in [2.45, 2.75) is 91.4 Å². The van der Waals surface area contributed by atoms with Gasteiger partial charge in [-0.2, -0.15) is 0 Å². The first-order valence-corrected chi connectivity index (χ1v) is 11.2. The summed E-state index contributed by atoms with van der Waals surface area (Å²) in [5.74, 6) is -4.56. The minimum atomic E-state index is -1.64. The Morgan fingerprint density at radius 3 is 1.33 bits per heavy atom.